The molecule has 2 aromatic carbocycles. The van der Waals surface area contributed by atoms with Crippen molar-refractivity contribution in [2.24, 2.45) is 25.9 Å². The normalized spacial score (nSPS) is 20.2. The third kappa shape index (κ3) is 4.31. The summed E-state index contributed by atoms with van der Waals surface area (Å²) in [6.07, 6.45) is 2.38. The molecule has 1 saturated heterocycles. The van der Waals surface area contributed by atoms with Crippen LogP contribution in [0.2, 0.25) is 0 Å². The largest absolute Gasteiger partial charge is 0.382 e. The average Bonchev–Trinajstić information content (AvgIpc) is 2.94. The zero-order valence-corrected chi connectivity index (χ0v) is 18.6. The van der Waals surface area contributed by atoms with Gasteiger partial charge in [-0.2, -0.15) is 0 Å². The Labute approximate surface area is 179 Å². The SMILES string of the molecule is CC(C)C[C@H]1CN(Cc2ccc3c(c2)n(C)c(=O)n3C)CC[C@H]1Nc1ccccc1. The van der Waals surface area contributed by atoms with Crippen LogP contribution in [0.4, 0.5) is 5.69 Å². The van der Waals surface area contributed by atoms with Gasteiger partial charge in [-0.05, 0) is 54.5 Å². The quantitative estimate of drug-likeness (QED) is 0.666. The topological polar surface area (TPSA) is 42.2 Å². The lowest BCUT2D eigenvalue weighted by molar-refractivity contribution is 0.141. The standard InChI is InChI=1S/C25H34N4O/c1-18(2)14-20-17-29(13-12-22(20)26-21-8-6-5-7-9-21)16-19-10-11-23-24(15-19)28(4)25(30)27(23)3/h5-11,15,18,20,22,26H,12-14,16-17H2,1-4H3/t20-,22+/m0/s1. The summed E-state index contributed by atoms with van der Waals surface area (Å²) in [7, 11) is 3.69. The van der Waals surface area contributed by atoms with E-state index in [-0.39, 0.29) is 5.69 Å². The van der Waals surface area contributed by atoms with Gasteiger partial charge in [0.15, 0.2) is 0 Å². The van der Waals surface area contributed by atoms with Crippen molar-refractivity contribution in [1.29, 1.82) is 0 Å². The van der Waals surface area contributed by atoms with Crippen molar-refractivity contribution in [3.8, 4) is 0 Å². The lowest BCUT2D eigenvalue weighted by Crippen LogP contribution is -2.46. The third-order valence-corrected chi connectivity index (χ3v) is 6.46. The first-order valence-electron chi connectivity index (χ1n) is 11.1. The second kappa shape index (κ2) is 8.68. The number of imidazole rings is 1. The Morgan fingerprint density at radius 2 is 1.77 bits per heavy atom. The molecular weight excluding hydrogens is 372 g/mol. The minimum Gasteiger partial charge on any atom is -0.382 e. The molecule has 0 radical (unpaired) electrons. The van der Waals surface area contributed by atoms with Crippen molar-refractivity contribution in [2.75, 3.05) is 18.4 Å². The van der Waals surface area contributed by atoms with E-state index in [0.717, 1.165) is 37.1 Å². The number of para-hydroxylation sites is 1. The Morgan fingerprint density at radius 3 is 2.50 bits per heavy atom. The van der Waals surface area contributed by atoms with E-state index in [1.807, 2.05) is 14.1 Å². The molecule has 0 amide bonds. The van der Waals surface area contributed by atoms with E-state index in [9.17, 15) is 4.79 Å². The van der Waals surface area contributed by atoms with Crippen molar-refractivity contribution in [3.63, 3.8) is 0 Å². The van der Waals surface area contributed by atoms with Gasteiger partial charge in [0, 0.05) is 45.5 Å². The predicted octanol–water partition coefficient (Wildman–Crippen LogP) is 4.23. The number of fused-ring (bicyclic) bond motifs is 1. The highest BCUT2D eigenvalue weighted by Crippen LogP contribution is 2.28. The molecule has 5 nitrogen and oxygen atoms in total. The molecule has 0 saturated carbocycles. The van der Waals surface area contributed by atoms with E-state index in [1.54, 1.807) is 9.13 Å². The maximum Gasteiger partial charge on any atom is 0.328 e. The Kier molecular flexibility index (Phi) is 6.00. The lowest BCUT2D eigenvalue weighted by Gasteiger charge is -2.40. The first-order valence-corrected chi connectivity index (χ1v) is 11.1. The third-order valence-electron chi connectivity index (χ3n) is 6.46. The van der Waals surface area contributed by atoms with E-state index in [4.69, 9.17) is 0 Å². The summed E-state index contributed by atoms with van der Waals surface area (Å²) in [5, 5.41) is 3.79. The fourth-order valence-electron chi connectivity index (χ4n) is 4.94. The zero-order valence-electron chi connectivity index (χ0n) is 18.6. The average molecular weight is 407 g/mol. The monoisotopic (exact) mass is 406 g/mol. The molecule has 0 spiro atoms. The molecule has 0 bridgehead atoms. The van der Waals surface area contributed by atoms with E-state index in [2.05, 4.69) is 72.6 Å². The van der Waals surface area contributed by atoms with Crippen molar-refractivity contribution in [3.05, 3.63) is 64.6 Å². The van der Waals surface area contributed by atoms with Crippen molar-refractivity contribution in [2.45, 2.75) is 39.3 Å². The maximum atomic E-state index is 12.2. The summed E-state index contributed by atoms with van der Waals surface area (Å²) < 4.78 is 3.47. The van der Waals surface area contributed by atoms with Crippen LogP contribution in [0.1, 0.15) is 32.3 Å². The highest BCUT2D eigenvalue weighted by Gasteiger charge is 2.29. The second-order valence-corrected chi connectivity index (χ2v) is 9.25. The van der Waals surface area contributed by atoms with E-state index >= 15 is 0 Å². The summed E-state index contributed by atoms with van der Waals surface area (Å²) >= 11 is 0. The number of hydrogen-bond acceptors (Lipinski definition) is 3. The van der Waals surface area contributed by atoms with E-state index < -0.39 is 0 Å². The number of likely N-dealkylation sites (tertiary alicyclic amines) is 1. The van der Waals surface area contributed by atoms with Crippen LogP contribution in [0.5, 0.6) is 0 Å². The fraction of sp³-hybridized carbons (Fsp3) is 0.480. The van der Waals surface area contributed by atoms with Gasteiger partial charge in [0.25, 0.3) is 0 Å². The number of rotatable bonds is 6. The first-order chi connectivity index (χ1) is 14.4. The molecule has 160 valence electrons. The molecule has 3 aromatic rings. The van der Waals surface area contributed by atoms with Gasteiger partial charge in [-0.25, -0.2) is 4.79 Å². The number of anilines is 1. The van der Waals surface area contributed by atoms with Crippen molar-refractivity contribution in [1.82, 2.24) is 14.0 Å². The number of nitrogens with one attached hydrogen (secondary N) is 1. The highest BCUT2D eigenvalue weighted by molar-refractivity contribution is 5.76. The van der Waals surface area contributed by atoms with Gasteiger partial charge in [0.2, 0.25) is 0 Å². The Balaban J connectivity index is 1.48. The van der Waals surface area contributed by atoms with Gasteiger partial charge in [0.1, 0.15) is 0 Å². The molecule has 30 heavy (non-hydrogen) atoms. The minimum absolute atomic E-state index is 0.0342. The molecule has 4 rings (SSSR count). The van der Waals surface area contributed by atoms with Gasteiger partial charge < -0.3 is 5.32 Å². The van der Waals surface area contributed by atoms with Gasteiger partial charge >= 0.3 is 5.69 Å². The number of aryl methyl sites for hydroxylation is 2. The first kappa shape index (κ1) is 20.7. The van der Waals surface area contributed by atoms with Crippen LogP contribution in [0.15, 0.2) is 53.3 Å². The summed E-state index contributed by atoms with van der Waals surface area (Å²) in [5.74, 6) is 1.31. The molecule has 5 heteroatoms. The highest BCUT2D eigenvalue weighted by atomic mass is 16.1. The predicted molar refractivity (Wildman–Crippen MR) is 125 cm³/mol. The second-order valence-electron chi connectivity index (χ2n) is 9.25. The summed E-state index contributed by atoms with van der Waals surface area (Å²) in [6.45, 7) is 7.77. The summed E-state index contributed by atoms with van der Waals surface area (Å²) in [4.78, 5) is 14.8. The number of hydrogen-bond donors (Lipinski definition) is 1. The van der Waals surface area contributed by atoms with Crippen LogP contribution in [0.25, 0.3) is 11.0 Å². The van der Waals surface area contributed by atoms with E-state index in [1.165, 1.54) is 17.7 Å². The van der Waals surface area contributed by atoms with Crippen molar-refractivity contribution >= 4 is 16.7 Å². The van der Waals surface area contributed by atoms with Crippen LogP contribution in [-0.4, -0.2) is 33.2 Å². The molecular formula is C25H34N4O. The smallest absolute Gasteiger partial charge is 0.328 e. The van der Waals surface area contributed by atoms with Crippen LogP contribution >= 0.6 is 0 Å². The maximum absolute atomic E-state index is 12.2. The van der Waals surface area contributed by atoms with Gasteiger partial charge in [0.05, 0.1) is 11.0 Å². The zero-order chi connectivity index (χ0) is 21.3. The van der Waals surface area contributed by atoms with Crippen LogP contribution in [-0.2, 0) is 20.6 Å². The number of aromatic nitrogens is 2. The number of piperidine rings is 1. The minimum atomic E-state index is 0.0342. The molecule has 1 N–H and O–H groups in total. The Hall–Kier alpha value is -2.53. The van der Waals surface area contributed by atoms with E-state index in [0.29, 0.717) is 17.9 Å². The van der Waals surface area contributed by atoms with Crippen molar-refractivity contribution < 1.29 is 0 Å². The van der Waals surface area contributed by atoms with Gasteiger partial charge in [-0.1, -0.05) is 38.1 Å². The Morgan fingerprint density at radius 1 is 1.03 bits per heavy atom. The molecule has 1 aliphatic rings. The van der Waals surface area contributed by atoms with Crippen LogP contribution < -0.4 is 11.0 Å². The summed E-state index contributed by atoms with van der Waals surface area (Å²) in [6, 6.07) is 17.6. The molecule has 1 aromatic heterocycles. The lowest BCUT2D eigenvalue weighted by atomic mass is 9.85. The molecule has 0 unspecified atom stereocenters. The Bertz CT molecular complexity index is 1050. The fourth-order valence-corrected chi connectivity index (χ4v) is 4.94. The molecule has 1 aliphatic heterocycles. The van der Waals surface area contributed by atoms with Crippen LogP contribution in [0, 0.1) is 11.8 Å². The number of benzene rings is 2. The summed E-state index contributed by atoms with van der Waals surface area (Å²) in [5.41, 5.74) is 4.54. The molecule has 1 fully saturated rings. The molecule has 2 heterocycles. The number of nitrogens with zero attached hydrogens (tertiary/aromatic N) is 3. The molecule has 0 aliphatic carbocycles. The molecule has 2 atom stereocenters. The van der Waals surface area contributed by atoms with Gasteiger partial charge in [-0.15, -0.1) is 0 Å². The van der Waals surface area contributed by atoms with Crippen LogP contribution in [0.3, 0.4) is 0 Å². The van der Waals surface area contributed by atoms with Gasteiger partial charge in [-0.3, -0.25) is 14.0 Å².